The Morgan fingerprint density at radius 1 is 0.475 bits per heavy atom. The summed E-state index contributed by atoms with van der Waals surface area (Å²) >= 11 is 0. The Kier molecular flexibility index (Phi) is 8.31. The van der Waals surface area contributed by atoms with Crippen molar-refractivity contribution in [2.24, 2.45) is 0 Å². The number of nitrogens with zero attached hydrogens (tertiary/aromatic N) is 2. The first-order chi connectivity index (χ1) is 30.3. The summed E-state index contributed by atoms with van der Waals surface area (Å²) in [4.78, 5) is 2.45. The Morgan fingerprint density at radius 3 is 1.77 bits per heavy atom. The van der Waals surface area contributed by atoms with Crippen LogP contribution in [0.4, 0.5) is 17.1 Å². The van der Waals surface area contributed by atoms with Gasteiger partial charge in [0.15, 0.2) is 0 Å². The van der Waals surface area contributed by atoms with E-state index in [1.54, 1.807) is 0 Å². The smallest absolute Gasteiger partial charge is 0.145 e. The molecule has 9 aromatic carbocycles. The molecule has 1 aliphatic rings. The average molecular weight is 781 g/mol. The number of rotatable bonds is 7. The van der Waals surface area contributed by atoms with E-state index in [4.69, 9.17) is 4.42 Å². The standard InChI is InChI=1S/C58H40N2O/c1-4-14-39(15-5-1)42-24-31-46(32-25-42)59(47-33-26-43(27-34-47)40-16-6-2-7-17-40)53-38-52-50-22-12-13-23-54(50)61-58(52)55-51-37-30-45-20-10-11-21-49(45)56(51)60(57(53)55)48-35-28-44(29-36-48)41-18-8-3-9-19-41/h1-16,18-38,40H,17H2. The molecule has 12 rings (SSSR count). The molecule has 0 spiro atoms. The number of benzene rings is 9. The van der Waals surface area contributed by atoms with Gasteiger partial charge in [0, 0.05) is 44.5 Å². The topological polar surface area (TPSA) is 21.3 Å². The molecule has 1 atom stereocenters. The van der Waals surface area contributed by atoms with Crippen molar-refractivity contribution < 1.29 is 4.42 Å². The van der Waals surface area contributed by atoms with Gasteiger partial charge in [-0.3, -0.25) is 0 Å². The molecular weight excluding hydrogens is 741 g/mol. The van der Waals surface area contributed by atoms with Gasteiger partial charge < -0.3 is 13.9 Å². The van der Waals surface area contributed by atoms with Crippen LogP contribution in [0.25, 0.3) is 82.5 Å². The molecule has 1 unspecified atom stereocenters. The second-order valence-electron chi connectivity index (χ2n) is 16.0. The van der Waals surface area contributed by atoms with Crippen molar-refractivity contribution in [3.63, 3.8) is 0 Å². The molecule has 0 N–H and O–H groups in total. The Labute approximate surface area is 354 Å². The zero-order chi connectivity index (χ0) is 40.3. The summed E-state index contributed by atoms with van der Waals surface area (Å²) in [5.74, 6) is 0.354. The number of fused-ring (bicyclic) bond motifs is 9. The van der Waals surface area contributed by atoms with E-state index in [9.17, 15) is 0 Å². The third-order valence-electron chi connectivity index (χ3n) is 12.5. The lowest BCUT2D eigenvalue weighted by atomic mass is 9.92. The van der Waals surface area contributed by atoms with Gasteiger partial charge in [-0.1, -0.05) is 176 Å². The fourth-order valence-electron chi connectivity index (χ4n) is 9.54. The molecule has 0 saturated heterocycles. The summed E-state index contributed by atoms with van der Waals surface area (Å²) in [7, 11) is 0. The zero-order valence-corrected chi connectivity index (χ0v) is 33.4. The highest BCUT2D eigenvalue weighted by Gasteiger charge is 2.27. The van der Waals surface area contributed by atoms with Crippen LogP contribution in [0.5, 0.6) is 0 Å². The number of aromatic nitrogens is 1. The van der Waals surface area contributed by atoms with Gasteiger partial charge in [0.25, 0.3) is 0 Å². The number of allylic oxidation sites excluding steroid dienone is 4. The molecular formula is C58H40N2O. The zero-order valence-electron chi connectivity index (χ0n) is 33.4. The first-order valence-corrected chi connectivity index (χ1v) is 21.1. The van der Waals surface area contributed by atoms with E-state index in [0.717, 1.165) is 72.9 Å². The summed E-state index contributed by atoms with van der Waals surface area (Å²) in [6, 6.07) is 72.7. The average Bonchev–Trinajstić information content (AvgIpc) is 3.90. The Morgan fingerprint density at radius 2 is 1.08 bits per heavy atom. The lowest BCUT2D eigenvalue weighted by Crippen LogP contribution is -2.12. The predicted molar refractivity (Wildman–Crippen MR) is 257 cm³/mol. The highest BCUT2D eigenvalue weighted by molar-refractivity contribution is 6.30. The van der Waals surface area contributed by atoms with E-state index in [1.807, 2.05) is 0 Å². The molecule has 0 amide bonds. The molecule has 288 valence electrons. The van der Waals surface area contributed by atoms with Crippen LogP contribution in [0.3, 0.4) is 0 Å². The molecule has 3 heteroatoms. The minimum Gasteiger partial charge on any atom is -0.455 e. The van der Waals surface area contributed by atoms with Crippen LogP contribution < -0.4 is 4.90 Å². The third kappa shape index (κ3) is 5.89. The van der Waals surface area contributed by atoms with E-state index in [-0.39, 0.29) is 0 Å². The minimum atomic E-state index is 0.354. The fraction of sp³-hybridized carbons (Fsp3) is 0.0345. The van der Waals surface area contributed by atoms with E-state index in [2.05, 4.69) is 234 Å². The minimum absolute atomic E-state index is 0.354. The lowest BCUT2D eigenvalue weighted by Gasteiger charge is -2.28. The first-order valence-electron chi connectivity index (χ1n) is 21.1. The van der Waals surface area contributed by atoms with Crippen molar-refractivity contribution in [3.8, 4) is 27.9 Å². The highest BCUT2D eigenvalue weighted by Crippen LogP contribution is 2.50. The monoisotopic (exact) mass is 780 g/mol. The summed E-state index contributed by atoms with van der Waals surface area (Å²) < 4.78 is 9.45. The van der Waals surface area contributed by atoms with Gasteiger partial charge in [0.1, 0.15) is 11.2 Å². The van der Waals surface area contributed by atoms with Crippen LogP contribution >= 0.6 is 0 Å². The van der Waals surface area contributed by atoms with E-state index < -0.39 is 0 Å². The van der Waals surface area contributed by atoms with Crippen LogP contribution in [-0.2, 0) is 0 Å². The Bertz CT molecular complexity index is 3460. The molecule has 2 aromatic heterocycles. The maximum absolute atomic E-state index is 6.96. The van der Waals surface area contributed by atoms with Crippen molar-refractivity contribution in [2.45, 2.75) is 12.3 Å². The largest absolute Gasteiger partial charge is 0.455 e. The van der Waals surface area contributed by atoms with Crippen LogP contribution in [0.2, 0.25) is 0 Å². The van der Waals surface area contributed by atoms with Crippen molar-refractivity contribution in [2.75, 3.05) is 4.90 Å². The molecule has 1 aliphatic carbocycles. The number of para-hydroxylation sites is 1. The van der Waals surface area contributed by atoms with Crippen molar-refractivity contribution >= 4 is 71.6 Å². The molecule has 0 saturated carbocycles. The van der Waals surface area contributed by atoms with Crippen molar-refractivity contribution in [3.05, 3.63) is 230 Å². The summed E-state index contributed by atoms with van der Waals surface area (Å²) in [6.07, 6.45) is 9.88. The van der Waals surface area contributed by atoms with Gasteiger partial charge in [0.05, 0.1) is 22.1 Å². The molecule has 0 radical (unpaired) electrons. The molecule has 0 aliphatic heterocycles. The number of furan rings is 1. The van der Waals surface area contributed by atoms with Gasteiger partial charge in [-0.15, -0.1) is 0 Å². The quantitative estimate of drug-likeness (QED) is 0.161. The van der Waals surface area contributed by atoms with E-state index >= 15 is 0 Å². The molecule has 0 bridgehead atoms. The van der Waals surface area contributed by atoms with Crippen LogP contribution in [0, 0.1) is 0 Å². The number of anilines is 3. The van der Waals surface area contributed by atoms with E-state index in [1.165, 1.54) is 38.6 Å². The lowest BCUT2D eigenvalue weighted by molar-refractivity contribution is 0.673. The van der Waals surface area contributed by atoms with Crippen molar-refractivity contribution in [1.82, 2.24) is 4.57 Å². The van der Waals surface area contributed by atoms with Crippen LogP contribution in [0.15, 0.2) is 229 Å². The highest BCUT2D eigenvalue weighted by atomic mass is 16.3. The van der Waals surface area contributed by atoms with Gasteiger partial charge >= 0.3 is 0 Å². The molecule has 61 heavy (non-hydrogen) atoms. The molecule has 2 heterocycles. The Balaban J connectivity index is 1.19. The maximum atomic E-state index is 6.96. The second-order valence-corrected chi connectivity index (χ2v) is 16.0. The molecule has 11 aromatic rings. The second kappa shape index (κ2) is 14.4. The van der Waals surface area contributed by atoms with Gasteiger partial charge in [-0.05, 0) is 88.2 Å². The summed E-state index contributed by atoms with van der Waals surface area (Å²) in [6.45, 7) is 0. The van der Waals surface area contributed by atoms with Gasteiger partial charge in [-0.2, -0.15) is 0 Å². The van der Waals surface area contributed by atoms with E-state index in [0.29, 0.717) is 5.92 Å². The number of hydrogen-bond acceptors (Lipinski definition) is 2. The molecule has 3 nitrogen and oxygen atoms in total. The maximum Gasteiger partial charge on any atom is 0.145 e. The van der Waals surface area contributed by atoms with Crippen molar-refractivity contribution in [1.29, 1.82) is 0 Å². The summed E-state index contributed by atoms with van der Waals surface area (Å²) in [5.41, 5.74) is 14.4. The van der Waals surface area contributed by atoms with Gasteiger partial charge in [-0.25, -0.2) is 0 Å². The predicted octanol–water partition coefficient (Wildman–Crippen LogP) is 16.2. The third-order valence-corrected chi connectivity index (χ3v) is 12.5. The summed E-state index contributed by atoms with van der Waals surface area (Å²) in [5, 5.41) is 6.82. The van der Waals surface area contributed by atoms with Gasteiger partial charge in [0.2, 0.25) is 0 Å². The van der Waals surface area contributed by atoms with Crippen LogP contribution in [0.1, 0.15) is 17.9 Å². The normalized spacial score (nSPS) is 13.9. The first kappa shape index (κ1) is 35.1. The SMILES string of the molecule is C1=CCC(c2ccc(N(c3ccc(-c4ccccc4)cc3)c3cc4c5ccccc5oc4c4c5ccc6ccccc6c5n(-c5ccc(-c6ccccc6)cc5)c34)cc2)C=C1. The fourth-order valence-corrected chi connectivity index (χ4v) is 9.54. The van der Waals surface area contributed by atoms with Crippen LogP contribution in [-0.4, -0.2) is 4.57 Å². The molecule has 0 fully saturated rings. The Hall–Kier alpha value is -7.88. The number of hydrogen-bond donors (Lipinski definition) is 0.